The summed E-state index contributed by atoms with van der Waals surface area (Å²) in [5.74, 6) is 0.288. The van der Waals surface area contributed by atoms with Gasteiger partial charge < -0.3 is 18.8 Å². The third kappa shape index (κ3) is 4.02. The van der Waals surface area contributed by atoms with E-state index in [1.807, 2.05) is 6.07 Å². The van der Waals surface area contributed by atoms with Crippen molar-refractivity contribution in [3.05, 3.63) is 35.9 Å². The van der Waals surface area contributed by atoms with E-state index in [-0.39, 0.29) is 43.0 Å². The second-order valence-electron chi connectivity index (χ2n) is 7.70. The Labute approximate surface area is 147 Å². The molecular weight excluding hydrogens is 303 g/mol. The zero-order chi connectivity index (χ0) is 18.0. The Morgan fingerprint density at radius 1 is 1.00 bits per heavy atom. The smallest absolute Gasteiger partial charge is 0.403 e. The highest BCUT2D eigenvalue weighted by molar-refractivity contribution is 6.47. The molecule has 1 aliphatic heterocycles. The molecule has 1 fully saturated rings. The minimum absolute atomic E-state index is 0.0126. The predicted octanol–water partition coefficient (Wildman–Crippen LogP) is 4.26. The monoisotopic (exact) mass is 334 g/mol. The van der Waals surface area contributed by atoms with Gasteiger partial charge in [0.1, 0.15) is 6.79 Å². The fourth-order valence-corrected chi connectivity index (χ4v) is 3.23. The van der Waals surface area contributed by atoms with Crippen LogP contribution in [0.15, 0.2) is 30.3 Å². The molecule has 4 nitrogen and oxygen atoms in total. The highest BCUT2D eigenvalue weighted by Gasteiger charge is 2.54. The van der Waals surface area contributed by atoms with Crippen LogP contribution in [0.1, 0.15) is 53.0 Å². The Morgan fingerprint density at radius 2 is 1.54 bits per heavy atom. The van der Waals surface area contributed by atoms with Gasteiger partial charge in [-0.2, -0.15) is 0 Å². The van der Waals surface area contributed by atoms with Crippen LogP contribution in [0, 0.1) is 0 Å². The summed E-state index contributed by atoms with van der Waals surface area (Å²) in [7, 11) is 1.37. The van der Waals surface area contributed by atoms with E-state index >= 15 is 0 Å². The molecule has 5 heteroatoms. The van der Waals surface area contributed by atoms with Gasteiger partial charge in [0.25, 0.3) is 0 Å². The number of rotatable bonds is 7. The molecule has 1 heterocycles. The molecule has 0 N–H and O–H groups in total. The first kappa shape index (κ1) is 19.4. The van der Waals surface area contributed by atoms with Gasteiger partial charge in [0.05, 0.1) is 17.3 Å². The summed E-state index contributed by atoms with van der Waals surface area (Å²) < 4.78 is 23.5. The largest absolute Gasteiger partial charge is 0.461 e. The average molecular weight is 334 g/mol. The van der Waals surface area contributed by atoms with Crippen molar-refractivity contribution in [1.29, 1.82) is 0 Å². The van der Waals surface area contributed by atoms with E-state index in [1.165, 1.54) is 5.56 Å². The van der Waals surface area contributed by atoms with E-state index in [1.54, 1.807) is 7.11 Å². The van der Waals surface area contributed by atoms with Crippen molar-refractivity contribution in [3.63, 3.8) is 0 Å². The minimum atomic E-state index is -0.330. The van der Waals surface area contributed by atoms with Crippen molar-refractivity contribution in [1.82, 2.24) is 0 Å². The first-order chi connectivity index (χ1) is 11.2. The standard InChI is InChI=1S/C19H31BO4/c1-14(20-23-18(3,4)19(5,6)24-20)17(15(2)22-13-21-7)16-11-9-8-10-12-16/h8-12,14-15,17H,13H2,1-7H3/t14-,15-,17+/m1/s1. The molecule has 1 aliphatic rings. The summed E-state index contributed by atoms with van der Waals surface area (Å²) in [6, 6.07) is 10.4. The molecule has 0 bridgehead atoms. The molecule has 0 aromatic heterocycles. The van der Waals surface area contributed by atoms with E-state index in [0.717, 1.165) is 0 Å². The summed E-state index contributed by atoms with van der Waals surface area (Å²) in [6.07, 6.45) is -0.0126. The van der Waals surface area contributed by atoms with Crippen molar-refractivity contribution in [2.75, 3.05) is 13.9 Å². The number of hydrogen-bond donors (Lipinski definition) is 0. The maximum Gasteiger partial charge on any atom is 0.461 e. The van der Waals surface area contributed by atoms with Gasteiger partial charge in [0.15, 0.2) is 0 Å². The maximum atomic E-state index is 6.27. The second kappa shape index (κ2) is 7.57. The summed E-state index contributed by atoms with van der Waals surface area (Å²) in [4.78, 5) is 0. The predicted molar refractivity (Wildman–Crippen MR) is 97.1 cm³/mol. The molecule has 0 unspecified atom stereocenters. The van der Waals surface area contributed by atoms with E-state index in [2.05, 4.69) is 65.8 Å². The molecule has 1 aromatic carbocycles. The maximum absolute atomic E-state index is 6.27. The van der Waals surface area contributed by atoms with Crippen molar-refractivity contribution in [2.45, 2.75) is 70.6 Å². The van der Waals surface area contributed by atoms with Gasteiger partial charge in [-0.1, -0.05) is 37.3 Å². The molecule has 0 radical (unpaired) electrons. The van der Waals surface area contributed by atoms with Crippen LogP contribution in [0.4, 0.5) is 0 Å². The third-order valence-corrected chi connectivity index (χ3v) is 5.41. The zero-order valence-electron chi connectivity index (χ0n) is 16.0. The lowest BCUT2D eigenvalue weighted by molar-refractivity contribution is -0.0746. The van der Waals surface area contributed by atoms with Crippen molar-refractivity contribution in [2.24, 2.45) is 0 Å². The van der Waals surface area contributed by atoms with Crippen LogP contribution in [0.2, 0.25) is 5.82 Å². The van der Waals surface area contributed by atoms with Gasteiger partial charge in [-0.05, 0) is 40.2 Å². The number of hydrogen-bond acceptors (Lipinski definition) is 4. The highest BCUT2D eigenvalue weighted by Crippen LogP contribution is 2.45. The Morgan fingerprint density at radius 3 is 2.04 bits per heavy atom. The van der Waals surface area contributed by atoms with Gasteiger partial charge in [-0.25, -0.2) is 0 Å². The molecule has 0 saturated carbocycles. The fraction of sp³-hybridized carbons (Fsp3) is 0.684. The quantitative estimate of drug-likeness (QED) is 0.551. The molecule has 0 amide bonds. The van der Waals surface area contributed by atoms with Gasteiger partial charge in [-0.3, -0.25) is 0 Å². The van der Waals surface area contributed by atoms with Crippen LogP contribution in [-0.4, -0.2) is 38.3 Å². The minimum Gasteiger partial charge on any atom is -0.403 e. The topological polar surface area (TPSA) is 36.9 Å². The molecule has 1 aromatic rings. The van der Waals surface area contributed by atoms with Crippen LogP contribution in [0.25, 0.3) is 0 Å². The van der Waals surface area contributed by atoms with Crippen LogP contribution in [0.3, 0.4) is 0 Å². The van der Waals surface area contributed by atoms with E-state index in [0.29, 0.717) is 0 Å². The molecule has 24 heavy (non-hydrogen) atoms. The molecular formula is C19H31BO4. The van der Waals surface area contributed by atoms with Crippen molar-refractivity contribution < 1.29 is 18.8 Å². The molecule has 0 aliphatic carbocycles. The van der Waals surface area contributed by atoms with Crippen LogP contribution < -0.4 is 0 Å². The second-order valence-corrected chi connectivity index (χ2v) is 7.70. The summed E-state index contributed by atoms with van der Waals surface area (Å²) in [5.41, 5.74) is 0.566. The Bertz CT molecular complexity index is 501. The average Bonchev–Trinajstić information content (AvgIpc) is 2.74. The van der Waals surface area contributed by atoms with E-state index < -0.39 is 0 Å². The zero-order valence-corrected chi connectivity index (χ0v) is 16.0. The molecule has 2 rings (SSSR count). The molecule has 3 atom stereocenters. The number of ether oxygens (including phenoxy) is 2. The lowest BCUT2D eigenvalue weighted by Gasteiger charge is -2.32. The SMILES string of the molecule is COCO[C@H](C)[C@@H](c1ccccc1)[C@@H](C)B1OC(C)(C)C(C)(C)O1. The van der Waals surface area contributed by atoms with E-state index in [4.69, 9.17) is 18.8 Å². The third-order valence-electron chi connectivity index (χ3n) is 5.41. The van der Waals surface area contributed by atoms with Gasteiger partial charge in [0, 0.05) is 18.8 Å². The van der Waals surface area contributed by atoms with Crippen molar-refractivity contribution in [3.8, 4) is 0 Å². The molecule has 1 saturated heterocycles. The highest BCUT2D eigenvalue weighted by atomic mass is 16.7. The lowest BCUT2D eigenvalue weighted by Crippen LogP contribution is -2.41. The number of methoxy groups -OCH3 is 1. The summed E-state index contributed by atoms with van der Waals surface area (Å²) in [6.45, 7) is 12.9. The van der Waals surface area contributed by atoms with Gasteiger partial charge in [-0.15, -0.1) is 0 Å². The Hall–Kier alpha value is -0.875. The molecule has 0 spiro atoms. The van der Waals surface area contributed by atoms with Crippen LogP contribution >= 0.6 is 0 Å². The first-order valence-corrected chi connectivity index (χ1v) is 8.71. The van der Waals surface area contributed by atoms with Gasteiger partial charge in [0.2, 0.25) is 0 Å². The van der Waals surface area contributed by atoms with Crippen molar-refractivity contribution >= 4 is 7.12 Å². The summed E-state index contributed by atoms with van der Waals surface area (Å²) >= 11 is 0. The Kier molecular flexibility index (Phi) is 6.13. The fourth-order valence-electron chi connectivity index (χ4n) is 3.23. The summed E-state index contributed by atoms with van der Waals surface area (Å²) in [5, 5.41) is 0. The first-order valence-electron chi connectivity index (χ1n) is 8.71. The van der Waals surface area contributed by atoms with Crippen LogP contribution in [-0.2, 0) is 18.8 Å². The number of benzene rings is 1. The normalized spacial score (nSPS) is 23.0. The van der Waals surface area contributed by atoms with Crippen LogP contribution in [0.5, 0.6) is 0 Å². The van der Waals surface area contributed by atoms with Gasteiger partial charge >= 0.3 is 7.12 Å². The lowest BCUT2D eigenvalue weighted by atomic mass is 9.62. The van der Waals surface area contributed by atoms with E-state index in [9.17, 15) is 0 Å². The Balaban J connectivity index is 2.24. The molecule has 134 valence electrons.